The molecule has 1 aromatic rings. The Morgan fingerprint density at radius 1 is 1.14 bits per heavy atom. The molecular formula is C12H22N2. The molecule has 80 valence electrons. The minimum Gasteiger partial charge on any atom is -0.269 e. The molecule has 14 heavy (non-hydrogen) atoms. The van der Waals surface area contributed by atoms with E-state index >= 15 is 0 Å². The van der Waals surface area contributed by atoms with Gasteiger partial charge in [-0.3, -0.25) is 4.68 Å². The Balaban J connectivity index is 2.81. The van der Waals surface area contributed by atoms with Crippen LogP contribution in [0.3, 0.4) is 0 Å². The maximum absolute atomic E-state index is 4.56. The van der Waals surface area contributed by atoms with Crippen LogP contribution in [0.2, 0.25) is 0 Å². The van der Waals surface area contributed by atoms with E-state index in [4.69, 9.17) is 0 Å². The van der Waals surface area contributed by atoms with Crippen LogP contribution in [0.1, 0.15) is 43.6 Å². The Hall–Kier alpha value is -0.790. The molecule has 1 heterocycles. The van der Waals surface area contributed by atoms with E-state index in [2.05, 4.69) is 44.4 Å². The van der Waals surface area contributed by atoms with Gasteiger partial charge < -0.3 is 0 Å². The van der Waals surface area contributed by atoms with E-state index in [1.165, 1.54) is 29.8 Å². The molecule has 1 rings (SSSR count). The maximum atomic E-state index is 4.56. The molecule has 1 aromatic heterocycles. The summed E-state index contributed by atoms with van der Waals surface area (Å²) in [4.78, 5) is 0. The Labute approximate surface area is 87.3 Å². The van der Waals surface area contributed by atoms with E-state index in [1.807, 2.05) is 0 Å². The summed E-state index contributed by atoms with van der Waals surface area (Å²) < 4.78 is 2.17. The largest absolute Gasteiger partial charge is 0.269 e. The summed E-state index contributed by atoms with van der Waals surface area (Å²) in [6, 6.07) is 0. The normalized spacial score (nSPS) is 11.3. The first-order valence-electron chi connectivity index (χ1n) is 5.60. The Morgan fingerprint density at radius 3 is 2.07 bits per heavy atom. The standard InChI is InChI=1S/C12H22N2/c1-6-12(7-2)8-14-11(5)9(3)10(4)13-14/h12H,6-8H2,1-5H3. The zero-order valence-electron chi connectivity index (χ0n) is 10.1. The monoisotopic (exact) mass is 194 g/mol. The van der Waals surface area contributed by atoms with Crippen molar-refractivity contribution < 1.29 is 0 Å². The molecule has 0 aliphatic carbocycles. The van der Waals surface area contributed by atoms with Crippen molar-refractivity contribution in [3.05, 3.63) is 17.0 Å². The third-order valence-electron chi connectivity index (χ3n) is 3.33. The van der Waals surface area contributed by atoms with Crippen molar-refractivity contribution in [2.75, 3.05) is 0 Å². The van der Waals surface area contributed by atoms with Crippen molar-refractivity contribution in [1.82, 2.24) is 9.78 Å². The number of hydrogen-bond acceptors (Lipinski definition) is 1. The summed E-state index contributed by atoms with van der Waals surface area (Å²) in [5.74, 6) is 0.771. The molecule has 0 atom stereocenters. The van der Waals surface area contributed by atoms with Crippen LogP contribution in [0.4, 0.5) is 0 Å². The fourth-order valence-electron chi connectivity index (χ4n) is 1.76. The van der Waals surface area contributed by atoms with Crippen molar-refractivity contribution in [2.24, 2.45) is 5.92 Å². The number of nitrogens with zero attached hydrogens (tertiary/aromatic N) is 2. The quantitative estimate of drug-likeness (QED) is 0.719. The molecule has 0 aliphatic heterocycles. The number of rotatable bonds is 4. The van der Waals surface area contributed by atoms with Crippen molar-refractivity contribution in [2.45, 2.75) is 54.0 Å². The van der Waals surface area contributed by atoms with Gasteiger partial charge in [0.1, 0.15) is 0 Å². The second kappa shape index (κ2) is 4.63. The van der Waals surface area contributed by atoms with E-state index in [1.54, 1.807) is 0 Å². The van der Waals surface area contributed by atoms with Crippen LogP contribution in [0, 0.1) is 26.7 Å². The second-order valence-corrected chi connectivity index (χ2v) is 4.16. The summed E-state index contributed by atoms with van der Waals surface area (Å²) >= 11 is 0. The number of aromatic nitrogens is 2. The first-order chi connectivity index (χ1) is 6.60. The average molecular weight is 194 g/mol. The zero-order chi connectivity index (χ0) is 10.7. The van der Waals surface area contributed by atoms with Gasteiger partial charge >= 0.3 is 0 Å². The third-order valence-corrected chi connectivity index (χ3v) is 3.33. The van der Waals surface area contributed by atoms with Gasteiger partial charge in [-0.25, -0.2) is 0 Å². The molecule has 0 saturated carbocycles. The number of hydrogen-bond donors (Lipinski definition) is 0. The van der Waals surface area contributed by atoms with E-state index in [-0.39, 0.29) is 0 Å². The minimum atomic E-state index is 0.771. The lowest BCUT2D eigenvalue weighted by Gasteiger charge is -2.13. The van der Waals surface area contributed by atoms with Crippen molar-refractivity contribution >= 4 is 0 Å². The molecule has 0 unspecified atom stereocenters. The molecule has 0 spiro atoms. The van der Waals surface area contributed by atoms with E-state index in [9.17, 15) is 0 Å². The predicted octanol–water partition coefficient (Wildman–Crippen LogP) is 3.24. The molecule has 0 bridgehead atoms. The van der Waals surface area contributed by atoms with Gasteiger partial charge in [0.2, 0.25) is 0 Å². The summed E-state index contributed by atoms with van der Waals surface area (Å²) in [5, 5.41) is 4.56. The minimum absolute atomic E-state index is 0.771. The summed E-state index contributed by atoms with van der Waals surface area (Å²) in [6.45, 7) is 12.0. The van der Waals surface area contributed by atoms with Crippen molar-refractivity contribution in [3.8, 4) is 0 Å². The van der Waals surface area contributed by atoms with Crippen LogP contribution in [-0.4, -0.2) is 9.78 Å². The fourth-order valence-corrected chi connectivity index (χ4v) is 1.76. The SMILES string of the molecule is CCC(CC)Cn1nc(C)c(C)c1C. The van der Waals surface area contributed by atoms with Crippen LogP contribution in [-0.2, 0) is 6.54 Å². The number of aryl methyl sites for hydroxylation is 1. The molecule has 0 aromatic carbocycles. The predicted molar refractivity (Wildman–Crippen MR) is 60.5 cm³/mol. The molecule has 0 saturated heterocycles. The van der Waals surface area contributed by atoms with Gasteiger partial charge in [-0.1, -0.05) is 26.7 Å². The molecule has 2 heteroatoms. The maximum Gasteiger partial charge on any atom is 0.0625 e. The molecule has 0 aliphatic rings. The highest BCUT2D eigenvalue weighted by Crippen LogP contribution is 2.16. The average Bonchev–Trinajstić information content (AvgIpc) is 2.42. The van der Waals surface area contributed by atoms with Gasteiger partial charge in [-0.2, -0.15) is 5.10 Å². The van der Waals surface area contributed by atoms with Crippen molar-refractivity contribution in [1.29, 1.82) is 0 Å². The Kier molecular flexibility index (Phi) is 3.73. The Bertz CT molecular complexity index is 296. The van der Waals surface area contributed by atoms with Crippen LogP contribution in [0.15, 0.2) is 0 Å². The van der Waals surface area contributed by atoms with Gasteiger partial charge in [0.25, 0.3) is 0 Å². The van der Waals surface area contributed by atoms with Crippen LogP contribution in [0.25, 0.3) is 0 Å². The topological polar surface area (TPSA) is 17.8 Å². The molecule has 0 radical (unpaired) electrons. The van der Waals surface area contributed by atoms with Crippen LogP contribution < -0.4 is 0 Å². The highest BCUT2D eigenvalue weighted by molar-refractivity contribution is 5.22. The van der Waals surface area contributed by atoms with Crippen LogP contribution in [0.5, 0.6) is 0 Å². The lowest BCUT2D eigenvalue weighted by Crippen LogP contribution is -2.11. The van der Waals surface area contributed by atoms with E-state index < -0.39 is 0 Å². The Morgan fingerprint density at radius 2 is 1.71 bits per heavy atom. The summed E-state index contributed by atoms with van der Waals surface area (Å²) in [5.41, 5.74) is 3.85. The van der Waals surface area contributed by atoms with Gasteiger partial charge in [0.15, 0.2) is 0 Å². The van der Waals surface area contributed by atoms with E-state index in [0.29, 0.717) is 0 Å². The highest BCUT2D eigenvalue weighted by atomic mass is 15.3. The third kappa shape index (κ3) is 2.17. The van der Waals surface area contributed by atoms with Gasteiger partial charge in [-0.05, 0) is 32.3 Å². The summed E-state index contributed by atoms with van der Waals surface area (Å²) in [6.07, 6.45) is 2.49. The molecule has 0 amide bonds. The fraction of sp³-hybridized carbons (Fsp3) is 0.750. The van der Waals surface area contributed by atoms with Crippen molar-refractivity contribution in [3.63, 3.8) is 0 Å². The van der Waals surface area contributed by atoms with Crippen LogP contribution >= 0.6 is 0 Å². The molecule has 0 fully saturated rings. The summed E-state index contributed by atoms with van der Waals surface area (Å²) in [7, 11) is 0. The van der Waals surface area contributed by atoms with Gasteiger partial charge in [0.05, 0.1) is 5.69 Å². The lowest BCUT2D eigenvalue weighted by atomic mass is 10.0. The van der Waals surface area contributed by atoms with E-state index in [0.717, 1.165) is 12.5 Å². The molecule has 0 N–H and O–H groups in total. The first kappa shape index (κ1) is 11.3. The van der Waals surface area contributed by atoms with Gasteiger partial charge in [-0.15, -0.1) is 0 Å². The molecule has 2 nitrogen and oxygen atoms in total. The first-order valence-corrected chi connectivity index (χ1v) is 5.60. The second-order valence-electron chi connectivity index (χ2n) is 4.16. The van der Waals surface area contributed by atoms with Gasteiger partial charge in [0, 0.05) is 12.2 Å². The highest BCUT2D eigenvalue weighted by Gasteiger charge is 2.10. The zero-order valence-corrected chi connectivity index (χ0v) is 10.1. The molecular weight excluding hydrogens is 172 g/mol. The lowest BCUT2D eigenvalue weighted by molar-refractivity contribution is 0.390. The smallest absolute Gasteiger partial charge is 0.0625 e.